The average molecular weight is 132 g/mol. The third-order valence-electron chi connectivity index (χ3n) is 1.54. The highest BCUT2D eigenvalue weighted by Crippen LogP contribution is 2.05. The minimum absolute atomic E-state index is 1.20. The van der Waals surface area contributed by atoms with Crippen LogP contribution in [-0.2, 0) is 0 Å². The number of fused-ring (bicyclic) bond motifs is 1. The fourth-order valence-corrected chi connectivity index (χ4v) is 1.10. The predicted octanol–water partition coefficient (Wildman–Crippen LogP) is 1.64. The van der Waals surface area contributed by atoms with Crippen molar-refractivity contribution in [3.63, 3.8) is 0 Å². The van der Waals surface area contributed by atoms with E-state index >= 15 is 0 Å². The van der Waals surface area contributed by atoms with Crippen LogP contribution in [0.25, 0.3) is 5.52 Å². The molecule has 0 unspecified atom stereocenters. The van der Waals surface area contributed by atoms with Crippen LogP contribution in [0.1, 0.15) is 5.56 Å². The maximum absolute atomic E-state index is 3.99. The Labute approximate surface area is 59.1 Å². The van der Waals surface area contributed by atoms with E-state index in [1.54, 1.807) is 6.20 Å². The average Bonchev–Trinajstić information content (AvgIpc) is 2.27. The molecular formula is C8H8N2. The monoisotopic (exact) mass is 132 g/mol. The molecule has 2 aromatic rings. The summed E-state index contributed by atoms with van der Waals surface area (Å²) in [4.78, 5) is 3.99. The zero-order valence-corrected chi connectivity index (χ0v) is 5.78. The van der Waals surface area contributed by atoms with Crippen LogP contribution in [0.3, 0.4) is 0 Å². The zero-order valence-electron chi connectivity index (χ0n) is 5.78. The van der Waals surface area contributed by atoms with E-state index in [1.807, 2.05) is 16.8 Å². The van der Waals surface area contributed by atoms with E-state index < -0.39 is 0 Å². The van der Waals surface area contributed by atoms with E-state index in [0.29, 0.717) is 0 Å². The second-order valence-electron chi connectivity index (χ2n) is 2.43. The zero-order chi connectivity index (χ0) is 6.97. The fourth-order valence-electron chi connectivity index (χ4n) is 1.10. The smallest absolute Gasteiger partial charge is 0.0990 e. The highest BCUT2D eigenvalue weighted by atomic mass is 14.9. The number of hydrogen-bond acceptors (Lipinski definition) is 1. The van der Waals surface area contributed by atoms with Gasteiger partial charge in [-0.25, -0.2) is 4.98 Å². The first kappa shape index (κ1) is 5.47. The largest absolute Gasteiger partial charge is 0.308 e. The van der Waals surface area contributed by atoms with Crippen molar-refractivity contribution in [3.8, 4) is 0 Å². The normalized spacial score (nSPS) is 10.5. The van der Waals surface area contributed by atoms with Gasteiger partial charge >= 0.3 is 0 Å². The summed E-state index contributed by atoms with van der Waals surface area (Å²) in [5.74, 6) is 0. The molecule has 2 aromatic heterocycles. The van der Waals surface area contributed by atoms with Gasteiger partial charge in [0.05, 0.1) is 6.33 Å². The van der Waals surface area contributed by atoms with Crippen LogP contribution in [0.5, 0.6) is 0 Å². The molecule has 10 heavy (non-hydrogen) atoms. The number of aryl methyl sites for hydroxylation is 1. The van der Waals surface area contributed by atoms with Gasteiger partial charge in [-0.2, -0.15) is 0 Å². The third kappa shape index (κ3) is 0.692. The van der Waals surface area contributed by atoms with Crippen LogP contribution in [0.15, 0.2) is 30.9 Å². The molecule has 0 saturated heterocycles. The van der Waals surface area contributed by atoms with Gasteiger partial charge in [-0.15, -0.1) is 0 Å². The van der Waals surface area contributed by atoms with Crippen molar-refractivity contribution in [2.45, 2.75) is 6.92 Å². The fraction of sp³-hybridized carbons (Fsp3) is 0.125. The molecule has 0 bridgehead atoms. The van der Waals surface area contributed by atoms with Crippen LogP contribution in [0, 0.1) is 6.92 Å². The first-order chi connectivity index (χ1) is 4.86. The Morgan fingerprint density at radius 2 is 2.40 bits per heavy atom. The Hall–Kier alpha value is -1.31. The van der Waals surface area contributed by atoms with E-state index in [-0.39, 0.29) is 0 Å². The molecule has 0 aliphatic carbocycles. The minimum atomic E-state index is 1.20. The van der Waals surface area contributed by atoms with Crippen LogP contribution in [0.4, 0.5) is 0 Å². The first-order valence-electron chi connectivity index (χ1n) is 3.24. The molecule has 0 saturated carbocycles. The maximum atomic E-state index is 3.99. The van der Waals surface area contributed by atoms with Gasteiger partial charge in [0.25, 0.3) is 0 Å². The Bertz CT molecular complexity index is 316. The summed E-state index contributed by atoms with van der Waals surface area (Å²) in [6.07, 6.45) is 5.67. The minimum Gasteiger partial charge on any atom is -0.308 e. The molecule has 0 fully saturated rings. The highest BCUT2D eigenvalue weighted by Gasteiger charge is 1.91. The van der Waals surface area contributed by atoms with Crippen LogP contribution < -0.4 is 0 Å². The molecule has 2 heteroatoms. The van der Waals surface area contributed by atoms with Gasteiger partial charge in [-0.1, -0.05) is 0 Å². The van der Waals surface area contributed by atoms with Crippen molar-refractivity contribution in [1.29, 1.82) is 0 Å². The molecule has 0 N–H and O–H groups in total. The van der Waals surface area contributed by atoms with Gasteiger partial charge in [0.1, 0.15) is 0 Å². The molecule has 0 aromatic carbocycles. The van der Waals surface area contributed by atoms with Crippen molar-refractivity contribution in [2.24, 2.45) is 0 Å². The summed E-state index contributed by atoms with van der Waals surface area (Å²) in [7, 11) is 0. The van der Waals surface area contributed by atoms with Gasteiger partial charge in [0.15, 0.2) is 0 Å². The predicted molar refractivity (Wildman–Crippen MR) is 39.9 cm³/mol. The van der Waals surface area contributed by atoms with E-state index in [0.717, 1.165) is 0 Å². The summed E-state index contributed by atoms with van der Waals surface area (Å²) in [6.45, 7) is 2.08. The van der Waals surface area contributed by atoms with Gasteiger partial charge in [0.2, 0.25) is 0 Å². The molecular weight excluding hydrogens is 124 g/mol. The lowest BCUT2D eigenvalue weighted by atomic mass is 10.4. The lowest BCUT2D eigenvalue weighted by Crippen LogP contribution is -1.80. The van der Waals surface area contributed by atoms with Gasteiger partial charge in [-0.05, 0) is 24.6 Å². The van der Waals surface area contributed by atoms with Crippen LogP contribution in [-0.4, -0.2) is 9.38 Å². The molecule has 0 aliphatic heterocycles. The van der Waals surface area contributed by atoms with Gasteiger partial charge in [0, 0.05) is 17.9 Å². The standard InChI is InChI=1S/C8H8N2/c1-7-4-8-2-3-9-6-10(8)5-7/h2-6H,1H3. The van der Waals surface area contributed by atoms with Crippen molar-refractivity contribution in [1.82, 2.24) is 9.38 Å². The molecule has 0 amide bonds. The molecule has 2 heterocycles. The molecule has 0 radical (unpaired) electrons. The lowest BCUT2D eigenvalue weighted by Gasteiger charge is -1.87. The van der Waals surface area contributed by atoms with Crippen molar-refractivity contribution < 1.29 is 0 Å². The van der Waals surface area contributed by atoms with E-state index in [2.05, 4.69) is 24.2 Å². The third-order valence-corrected chi connectivity index (χ3v) is 1.54. The summed E-state index contributed by atoms with van der Waals surface area (Å²) in [5.41, 5.74) is 2.47. The quantitative estimate of drug-likeness (QED) is 0.532. The number of aromatic nitrogens is 2. The topological polar surface area (TPSA) is 17.3 Å². The summed E-state index contributed by atoms with van der Waals surface area (Å²) in [5, 5.41) is 0. The second-order valence-corrected chi connectivity index (χ2v) is 2.43. The van der Waals surface area contributed by atoms with Crippen LogP contribution in [0.2, 0.25) is 0 Å². The van der Waals surface area contributed by atoms with Crippen molar-refractivity contribution >= 4 is 5.52 Å². The molecule has 0 spiro atoms. The molecule has 0 aliphatic rings. The number of nitrogens with zero attached hydrogens (tertiary/aromatic N) is 2. The lowest BCUT2D eigenvalue weighted by molar-refractivity contribution is 1.09. The Balaban J connectivity index is 2.88. The van der Waals surface area contributed by atoms with E-state index in [1.165, 1.54) is 11.1 Å². The summed E-state index contributed by atoms with van der Waals surface area (Å²) in [6, 6.07) is 4.12. The highest BCUT2D eigenvalue weighted by molar-refractivity contribution is 5.48. The van der Waals surface area contributed by atoms with Crippen LogP contribution >= 0.6 is 0 Å². The number of rotatable bonds is 0. The summed E-state index contributed by atoms with van der Waals surface area (Å²) >= 11 is 0. The van der Waals surface area contributed by atoms with E-state index in [9.17, 15) is 0 Å². The molecule has 0 atom stereocenters. The molecule has 2 rings (SSSR count). The Morgan fingerprint density at radius 1 is 1.50 bits per heavy atom. The molecule has 2 nitrogen and oxygen atoms in total. The summed E-state index contributed by atoms with van der Waals surface area (Å²) < 4.78 is 2.01. The SMILES string of the molecule is Cc1cc2ccncn2c1. The molecule has 50 valence electrons. The van der Waals surface area contributed by atoms with Gasteiger partial charge < -0.3 is 4.40 Å². The Kier molecular flexibility index (Phi) is 1.01. The second kappa shape index (κ2) is 1.84. The maximum Gasteiger partial charge on any atom is 0.0990 e. The number of hydrogen-bond donors (Lipinski definition) is 0. The first-order valence-corrected chi connectivity index (χ1v) is 3.24. The van der Waals surface area contributed by atoms with Crippen molar-refractivity contribution in [2.75, 3.05) is 0 Å². The van der Waals surface area contributed by atoms with E-state index in [4.69, 9.17) is 0 Å². The van der Waals surface area contributed by atoms with Gasteiger partial charge in [-0.3, -0.25) is 0 Å². The Morgan fingerprint density at radius 3 is 3.20 bits per heavy atom. The van der Waals surface area contributed by atoms with Crippen molar-refractivity contribution in [3.05, 3.63) is 36.4 Å².